The number of pyridine rings is 1. The number of aliphatic carboxylic acids is 1. The highest BCUT2D eigenvalue weighted by molar-refractivity contribution is 5.83. The first-order valence-corrected chi connectivity index (χ1v) is 9.63. The van der Waals surface area contributed by atoms with E-state index in [0.29, 0.717) is 12.1 Å². The number of carboxylic acids is 1. The van der Waals surface area contributed by atoms with Gasteiger partial charge in [-0.3, -0.25) is 4.79 Å². The second-order valence-electron chi connectivity index (χ2n) is 6.91. The minimum atomic E-state index is -0.746. The number of rotatable bonds is 8. The Kier molecular flexibility index (Phi) is 6.05. The first kappa shape index (κ1) is 19.6. The minimum Gasteiger partial charge on any atom is -0.481 e. The standard InChI is InChI=1S/C22H24N4O2/c1-3-18-11-12-20-22(16-9-10-17(13-23)24-14-16)19(15(2)25-26(18)20)7-5-4-6-8-21(27)28/h9-12,14H,3-8H2,1-2H3,(H,27,28). The summed E-state index contributed by atoms with van der Waals surface area (Å²) >= 11 is 0. The molecule has 3 aromatic rings. The Morgan fingerprint density at radius 1 is 1.21 bits per heavy atom. The fourth-order valence-corrected chi connectivity index (χ4v) is 3.58. The summed E-state index contributed by atoms with van der Waals surface area (Å²) in [5, 5.41) is 22.7. The molecule has 144 valence electrons. The van der Waals surface area contributed by atoms with Crippen molar-refractivity contribution >= 4 is 11.5 Å². The van der Waals surface area contributed by atoms with Crippen molar-refractivity contribution in [2.24, 2.45) is 0 Å². The molecule has 1 N–H and O–H groups in total. The maximum Gasteiger partial charge on any atom is 0.303 e. The van der Waals surface area contributed by atoms with Gasteiger partial charge in [0.1, 0.15) is 11.8 Å². The van der Waals surface area contributed by atoms with Crippen LogP contribution in [-0.2, 0) is 17.6 Å². The molecule has 6 heteroatoms. The molecule has 0 saturated carbocycles. The number of fused-ring (bicyclic) bond motifs is 1. The zero-order valence-electron chi connectivity index (χ0n) is 16.3. The van der Waals surface area contributed by atoms with Gasteiger partial charge in [-0.2, -0.15) is 10.4 Å². The predicted octanol–water partition coefficient (Wildman–Crippen LogP) is 4.33. The number of aryl methyl sites for hydroxylation is 2. The number of hydrogen-bond donors (Lipinski definition) is 1. The Hall–Kier alpha value is -3.20. The van der Waals surface area contributed by atoms with Crippen LogP contribution >= 0.6 is 0 Å². The lowest BCUT2D eigenvalue weighted by molar-refractivity contribution is -0.137. The van der Waals surface area contributed by atoms with E-state index in [1.807, 2.05) is 17.5 Å². The molecule has 28 heavy (non-hydrogen) atoms. The largest absolute Gasteiger partial charge is 0.481 e. The SMILES string of the molecule is CCc1ccc2c(-c3ccc(C#N)nc3)c(CCCCCC(=O)O)c(C)nn12. The molecule has 0 aliphatic heterocycles. The zero-order chi connectivity index (χ0) is 20.1. The van der Waals surface area contributed by atoms with Crippen LogP contribution in [0.25, 0.3) is 16.6 Å². The van der Waals surface area contributed by atoms with E-state index in [4.69, 9.17) is 15.5 Å². The van der Waals surface area contributed by atoms with Crippen LogP contribution in [0.5, 0.6) is 0 Å². The number of hydrogen-bond acceptors (Lipinski definition) is 4. The monoisotopic (exact) mass is 376 g/mol. The predicted molar refractivity (Wildman–Crippen MR) is 107 cm³/mol. The van der Waals surface area contributed by atoms with Gasteiger partial charge in [-0.1, -0.05) is 13.3 Å². The maximum absolute atomic E-state index is 10.7. The molecule has 3 aromatic heterocycles. The van der Waals surface area contributed by atoms with Crippen molar-refractivity contribution in [3.63, 3.8) is 0 Å². The highest BCUT2D eigenvalue weighted by Gasteiger charge is 2.17. The van der Waals surface area contributed by atoms with Gasteiger partial charge in [0.05, 0.1) is 11.2 Å². The van der Waals surface area contributed by atoms with Crippen molar-refractivity contribution in [1.29, 1.82) is 5.26 Å². The van der Waals surface area contributed by atoms with Gasteiger partial charge in [0.25, 0.3) is 0 Å². The summed E-state index contributed by atoms with van der Waals surface area (Å²) in [7, 11) is 0. The number of carbonyl (C=O) groups is 1. The highest BCUT2D eigenvalue weighted by Crippen LogP contribution is 2.32. The van der Waals surface area contributed by atoms with Gasteiger partial charge in [0.2, 0.25) is 0 Å². The molecule has 0 unspecified atom stereocenters. The molecular weight excluding hydrogens is 352 g/mol. The van der Waals surface area contributed by atoms with Crippen LogP contribution in [0.15, 0.2) is 30.5 Å². The lowest BCUT2D eigenvalue weighted by atomic mass is 9.95. The third kappa shape index (κ3) is 4.04. The fraction of sp³-hybridized carbons (Fsp3) is 0.364. The van der Waals surface area contributed by atoms with Crippen LogP contribution < -0.4 is 0 Å². The van der Waals surface area contributed by atoms with E-state index in [2.05, 4.69) is 30.1 Å². The normalized spacial score (nSPS) is 10.9. The first-order valence-electron chi connectivity index (χ1n) is 9.63. The van der Waals surface area contributed by atoms with Crippen LogP contribution in [0.1, 0.15) is 55.3 Å². The van der Waals surface area contributed by atoms with E-state index in [1.165, 1.54) is 0 Å². The van der Waals surface area contributed by atoms with Gasteiger partial charge in [-0.15, -0.1) is 0 Å². The summed E-state index contributed by atoms with van der Waals surface area (Å²) < 4.78 is 2.00. The summed E-state index contributed by atoms with van der Waals surface area (Å²) in [6, 6.07) is 9.92. The summed E-state index contributed by atoms with van der Waals surface area (Å²) in [6.45, 7) is 4.13. The molecule has 0 fully saturated rings. The molecule has 0 aliphatic carbocycles. The van der Waals surface area contributed by atoms with E-state index in [1.54, 1.807) is 12.3 Å². The molecule has 3 rings (SSSR count). The lowest BCUT2D eigenvalue weighted by Crippen LogP contribution is -2.06. The summed E-state index contributed by atoms with van der Waals surface area (Å²) in [5.41, 5.74) is 6.78. The summed E-state index contributed by atoms with van der Waals surface area (Å²) in [5.74, 6) is -0.746. The van der Waals surface area contributed by atoms with E-state index in [-0.39, 0.29) is 6.42 Å². The molecule has 6 nitrogen and oxygen atoms in total. The second-order valence-corrected chi connectivity index (χ2v) is 6.91. The molecule has 0 radical (unpaired) electrons. The van der Waals surface area contributed by atoms with Gasteiger partial charge in [-0.25, -0.2) is 9.50 Å². The minimum absolute atomic E-state index is 0.210. The fourth-order valence-electron chi connectivity index (χ4n) is 3.58. The van der Waals surface area contributed by atoms with Crippen molar-refractivity contribution in [2.45, 2.75) is 52.4 Å². The Bertz CT molecular complexity index is 1030. The van der Waals surface area contributed by atoms with E-state index >= 15 is 0 Å². The third-order valence-electron chi connectivity index (χ3n) is 5.02. The van der Waals surface area contributed by atoms with Gasteiger partial charge < -0.3 is 5.11 Å². The first-order chi connectivity index (χ1) is 13.5. The smallest absolute Gasteiger partial charge is 0.303 e. The average molecular weight is 376 g/mol. The van der Waals surface area contributed by atoms with Gasteiger partial charge in [0, 0.05) is 29.4 Å². The van der Waals surface area contributed by atoms with Crippen molar-refractivity contribution in [1.82, 2.24) is 14.6 Å². The molecular formula is C22H24N4O2. The van der Waals surface area contributed by atoms with Crippen molar-refractivity contribution in [3.05, 3.63) is 53.1 Å². The molecule has 3 heterocycles. The van der Waals surface area contributed by atoms with Gasteiger partial charge in [0.15, 0.2) is 0 Å². The number of nitriles is 1. The van der Waals surface area contributed by atoms with Crippen LogP contribution in [0.4, 0.5) is 0 Å². The van der Waals surface area contributed by atoms with Crippen LogP contribution in [-0.4, -0.2) is 25.7 Å². The van der Waals surface area contributed by atoms with Crippen molar-refractivity contribution in [2.75, 3.05) is 0 Å². The van der Waals surface area contributed by atoms with E-state index in [9.17, 15) is 4.79 Å². The van der Waals surface area contributed by atoms with Crippen LogP contribution in [0, 0.1) is 18.3 Å². The zero-order valence-corrected chi connectivity index (χ0v) is 16.3. The number of nitrogens with zero attached hydrogens (tertiary/aromatic N) is 4. The Morgan fingerprint density at radius 3 is 2.68 bits per heavy atom. The molecule has 0 bridgehead atoms. The second kappa shape index (κ2) is 8.66. The summed E-state index contributed by atoms with van der Waals surface area (Å²) in [6.07, 6.45) is 6.13. The van der Waals surface area contributed by atoms with Crippen molar-refractivity contribution < 1.29 is 9.90 Å². The highest BCUT2D eigenvalue weighted by atomic mass is 16.4. The maximum atomic E-state index is 10.7. The number of aromatic nitrogens is 3. The van der Waals surface area contributed by atoms with E-state index in [0.717, 1.165) is 59.3 Å². The topological polar surface area (TPSA) is 91.3 Å². The molecule has 0 saturated heterocycles. The van der Waals surface area contributed by atoms with Crippen LogP contribution in [0.2, 0.25) is 0 Å². The Labute approximate surface area is 164 Å². The lowest BCUT2D eigenvalue weighted by Gasteiger charge is -2.15. The Balaban J connectivity index is 2.02. The summed E-state index contributed by atoms with van der Waals surface area (Å²) in [4.78, 5) is 15.0. The quantitative estimate of drug-likeness (QED) is 0.591. The Morgan fingerprint density at radius 2 is 2.04 bits per heavy atom. The molecule has 0 aliphatic rings. The number of carboxylic acid groups (broad SMARTS) is 1. The number of unbranched alkanes of at least 4 members (excludes halogenated alkanes) is 2. The van der Waals surface area contributed by atoms with E-state index < -0.39 is 5.97 Å². The third-order valence-corrected chi connectivity index (χ3v) is 5.02. The average Bonchev–Trinajstić information content (AvgIpc) is 3.10. The molecule has 0 aromatic carbocycles. The van der Waals surface area contributed by atoms with Crippen LogP contribution in [0.3, 0.4) is 0 Å². The van der Waals surface area contributed by atoms with Gasteiger partial charge >= 0.3 is 5.97 Å². The van der Waals surface area contributed by atoms with Crippen molar-refractivity contribution in [3.8, 4) is 17.2 Å². The molecule has 0 atom stereocenters. The molecule has 0 amide bonds. The molecule has 0 spiro atoms. The van der Waals surface area contributed by atoms with Gasteiger partial charge in [-0.05, 0) is 62.4 Å².